The molecule has 134 valence electrons. The SMILES string of the molecule is CCCCCCCCCCCCCCCCCC[Si](Cl)(Cl)Cl. The van der Waals surface area contributed by atoms with Crippen LogP contribution in [0.3, 0.4) is 0 Å². The summed E-state index contributed by atoms with van der Waals surface area (Å²) in [6, 6.07) is -1.52. The van der Waals surface area contributed by atoms with E-state index in [-0.39, 0.29) is 0 Å². The summed E-state index contributed by atoms with van der Waals surface area (Å²) in [7, 11) is 0. The molecule has 0 fully saturated rings. The second-order valence-electron chi connectivity index (χ2n) is 6.67. The quantitative estimate of drug-likeness (QED) is 0.133. The third kappa shape index (κ3) is 21.1. The van der Waals surface area contributed by atoms with E-state index < -0.39 is 6.00 Å². The fourth-order valence-electron chi connectivity index (χ4n) is 2.87. The molecule has 0 unspecified atom stereocenters. The minimum atomic E-state index is -2.35. The van der Waals surface area contributed by atoms with Crippen LogP contribution in [0.15, 0.2) is 0 Å². The highest BCUT2D eigenvalue weighted by Gasteiger charge is 2.23. The van der Waals surface area contributed by atoms with E-state index in [2.05, 4.69) is 6.92 Å². The topological polar surface area (TPSA) is 0 Å². The minimum Gasteiger partial charge on any atom is -0.126 e. The van der Waals surface area contributed by atoms with E-state index in [4.69, 9.17) is 33.2 Å². The maximum absolute atomic E-state index is 5.87. The molecule has 22 heavy (non-hydrogen) atoms. The van der Waals surface area contributed by atoms with Crippen LogP contribution in [0, 0.1) is 0 Å². The van der Waals surface area contributed by atoms with Gasteiger partial charge in [-0.25, -0.2) is 0 Å². The molecule has 0 aromatic rings. The van der Waals surface area contributed by atoms with Crippen molar-refractivity contribution in [1.29, 1.82) is 0 Å². The average Bonchev–Trinajstić information content (AvgIpc) is 2.45. The van der Waals surface area contributed by atoms with E-state index in [0.717, 1.165) is 12.5 Å². The molecule has 0 aromatic heterocycles. The smallest absolute Gasteiger partial charge is 0.126 e. The number of hydrogen-bond acceptors (Lipinski definition) is 0. The van der Waals surface area contributed by atoms with Gasteiger partial charge in [-0.05, 0) is 6.04 Å². The van der Waals surface area contributed by atoms with Gasteiger partial charge in [-0.15, -0.1) is 33.2 Å². The summed E-state index contributed by atoms with van der Waals surface area (Å²) in [4.78, 5) is 0. The molecule has 0 aliphatic heterocycles. The summed E-state index contributed by atoms with van der Waals surface area (Å²) in [6.07, 6.45) is 22.2. The van der Waals surface area contributed by atoms with Crippen molar-refractivity contribution in [3.63, 3.8) is 0 Å². The molecule has 0 atom stereocenters. The van der Waals surface area contributed by atoms with Gasteiger partial charge < -0.3 is 0 Å². The van der Waals surface area contributed by atoms with Crippen molar-refractivity contribution in [1.82, 2.24) is 0 Å². The summed E-state index contributed by atoms with van der Waals surface area (Å²) in [5, 5.41) is 0. The summed E-state index contributed by atoms with van der Waals surface area (Å²) in [6.45, 7) is 2.28. The fraction of sp³-hybridized carbons (Fsp3) is 1.00. The molecule has 0 bridgehead atoms. The molecule has 0 saturated heterocycles. The van der Waals surface area contributed by atoms with Crippen molar-refractivity contribution in [3.8, 4) is 0 Å². The van der Waals surface area contributed by atoms with Crippen LogP contribution in [0.2, 0.25) is 6.04 Å². The molecule has 0 heterocycles. The van der Waals surface area contributed by atoms with E-state index >= 15 is 0 Å². The van der Waals surface area contributed by atoms with Crippen LogP contribution in [0.1, 0.15) is 110 Å². The van der Waals surface area contributed by atoms with E-state index in [1.807, 2.05) is 0 Å². The monoisotopic (exact) mass is 386 g/mol. The molecule has 0 radical (unpaired) electrons. The predicted octanol–water partition coefficient (Wildman–Crippen LogP) is 8.90. The standard InChI is InChI=1S/C18H37Cl3Si/c1-2-3-4-5-6-7-8-9-10-11-12-13-14-15-16-17-18-22(19,20)21/h2-18H2,1H3. The third-order valence-electron chi connectivity index (χ3n) is 4.31. The van der Waals surface area contributed by atoms with Gasteiger partial charge in [-0.1, -0.05) is 110 Å². The Morgan fingerprint density at radius 1 is 0.455 bits per heavy atom. The van der Waals surface area contributed by atoms with Gasteiger partial charge in [0.25, 0.3) is 0 Å². The Morgan fingerprint density at radius 2 is 0.727 bits per heavy atom. The van der Waals surface area contributed by atoms with Gasteiger partial charge in [-0.3, -0.25) is 0 Å². The van der Waals surface area contributed by atoms with Crippen molar-refractivity contribution >= 4 is 39.2 Å². The molecule has 0 N–H and O–H groups in total. The van der Waals surface area contributed by atoms with Crippen LogP contribution in [0.4, 0.5) is 0 Å². The number of rotatable bonds is 17. The highest BCUT2D eigenvalue weighted by atomic mass is 35.8. The lowest BCUT2D eigenvalue weighted by molar-refractivity contribution is 0.531. The minimum absolute atomic E-state index is 0.829. The number of unbranched alkanes of at least 4 members (excludes halogenated alkanes) is 15. The highest BCUT2D eigenvalue weighted by Crippen LogP contribution is 2.27. The Balaban J connectivity index is 3.00. The highest BCUT2D eigenvalue weighted by molar-refractivity contribution is 7.64. The molecular formula is C18H37Cl3Si. The fourth-order valence-corrected chi connectivity index (χ4v) is 4.73. The third-order valence-corrected chi connectivity index (χ3v) is 6.94. The van der Waals surface area contributed by atoms with Crippen molar-refractivity contribution in [2.75, 3.05) is 0 Å². The van der Waals surface area contributed by atoms with Crippen molar-refractivity contribution in [2.45, 2.75) is 116 Å². The molecule has 0 spiro atoms. The molecule has 0 amide bonds. The summed E-state index contributed by atoms with van der Waals surface area (Å²) in [5.41, 5.74) is 0. The van der Waals surface area contributed by atoms with Crippen LogP contribution in [0.25, 0.3) is 0 Å². The number of halogens is 3. The van der Waals surface area contributed by atoms with Crippen molar-refractivity contribution < 1.29 is 0 Å². The van der Waals surface area contributed by atoms with Gasteiger partial charge in [0.2, 0.25) is 0 Å². The largest absolute Gasteiger partial charge is 0.341 e. The van der Waals surface area contributed by atoms with E-state index in [1.54, 1.807) is 0 Å². The summed E-state index contributed by atoms with van der Waals surface area (Å²) in [5.74, 6) is 0. The summed E-state index contributed by atoms with van der Waals surface area (Å²) < 4.78 is 0. The first-order valence-electron chi connectivity index (χ1n) is 9.63. The van der Waals surface area contributed by atoms with Gasteiger partial charge in [-0.2, -0.15) is 0 Å². The lowest BCUT2D eigenvalue weighted by Crippen LogP contribution is -2.07. The van der Waals surface area contributed by atoms with Gasteiger partial charge in [0.05, 0.1) is 0 Å². The average molecular weight is 388 g/mol. The molecule has 0 saturated carbocycles. The van der Waals surface area contributed by atoms with Gasteiger partial charge in [0.1, 0.15) is 0 Å². The van der Waals surface area contributed by atoms with Crippen molar-refractivity contribution in [2.24, 2.45) is 0 Å². The van der Waals surface area contributed by atoms with Crippen LogP contribution >= 0.6 is 33.2 Å². The number of hydrogen-bond donors (Lipinski definition) is 0. The second kappa shape index (κ2) is 16.9. The first-order valence-corrected chi connectivity index (χ1v) is 14.9. The maximum atomic E-state index is 5.87. The van der Waals surface area contributed by atoms with E-state index in [0.29, 0.717) is 0 Å². The second-order valence-corrected chi connectivity index (χ2v) is 15.9. The van der Waals surface area contributed by atoms with Gasteiger partial charge in [0.15, 0.2) is 0 Å². The zero-order valence-electron chi connectivity index (χ0n) is 14.7. The first kappa shape index (κ1) is 23.1. The zero-order valence-corrected chi connectivity index (χ0v) is 17.9. The van der Waals surface area contributed by atoms with Crippen molar-refractivity contribution in [3.05, 3.63) is 0 Å². The van der Waals surface area contributed by atoms with Crippen LogP contribution < -0.4 is 0 Å². The predicted molar refractivity (Wildman–Crippen MR) is 108 cm³/mol. The molecule has 0 nitrogen and oxygen atoms in total. The normalized spacial score (nSPS) is 12.0. The zero-order chi connectivity index (χ0) is 16.5. The Kier molecular flexibility index (Phi) is 17.8. The van der Waals surface area contributed by atoms with Crippen LogP contribution in [-0.2, 0) is 0 Å². The first-order chi connectivity index (χ1) is 10.6. The van der Waals surface area contributed by atoms with Crippen LogP contribution in [0.5, 0.6) is 0 Å². The van der Waals surface area contributed by atoms with Gasteiger partial charge >= 0.3 is 6.00 Å². The van der Waals surface area contributed by atoms with E-state index in [9.17, 15) is 0 Å². The Labute approximate surface area is 154 Å². The Hall–Kier alpha value is 1.09. The Bertz CT molecular complexity index is 217. The molecule has 0 aromatic carbocycles. The molecule has 0 aliphatic carbocycles. The maximum Gasteiger partial charge on any atom is 0.341 e. The molecule has 0 rings (SSSR count). The molecule has 0 aliphatic rings. The molecule has 4 heteroatoms. The Morgan fingerprint density at radius 3 is 1.00 bits per heavy atom. The van der Waals surface area contributed by atoms with E-state index in [1.165, 1.54) is 96.3 Å². The van der Waals surface area contributed by atoms with Gasteiger partial charge in [0, 0.05) is 0 Å². The molecular weight excluding hydrogens is 351 g/mol. The summed E-state index contributed by atoms with van der Waals surface area (Å²) >= 11 is 17.6. The van der Waals surface area contributed by atoms with Crippen LogP contribution in [-0.4, -0.2) is 6.00 Å². The lowest BCUT2D eigenvalue weighted by Gasteiger charge is -2.07. The lowest BCUT2D eigenvalue weighted by atomic mass is 10.0.